The SMILES string of the molecule is Cc1ccc([C@H](N)CCCN)c(O)c1.Cl. The molecule has 0 amide bonds. The summed E-state index contributed by atoms with van der Waals surface area (Å²) in [6.45, 7) is 2.58. The number of rotatable bonds is 4. The Kier molecular flexibility index (Phi) is 6.32. The number of aryl methyl sites for hydroxylation is 1. The van der Waals surface area contributed by atoms with Crippen molar-refractivity contribution in [2.45, 2.75) is 25.8 Å². The normalized spacial score (nSPS) is 11.9. The fourth-order valence-corrected chi connectivity index (χ4v) is 1.46. The lowest BCUT2D eigenvalue weighted by molar-refractivity contribution is 0.457. The van der Waals surface area contributed by atoms with Gasteiger partial charge in [-0.1, -0.05) is 12.1 Å². The zero-order valence-electron chi connectivity index (χ0n) is 8.94. The Bertz CT molecular complexity index is 305. The second-order valence-electron chi connectivity index (χ2n) is 3.60. The van der Waals surface area contributed by atoms with Gasteiger partial charge in [-0.25, -0.2) is 0 Å². The summed E-state index contributed by atoms with van der Waals surface area (Å²) in [5.74, 6) is 0.287. The molecule has 0 saturated heterocycles. The maximum atomic E-state index is 9.65. The van der Waals surface area contributed by atoms with Crippen LogP contribution in [0.1, 0.15) is 30.0 Å². The molecule has 0 aliphatic rings. The van der Waals surface area contributed by atoms with Gasteiger partial charge < -0.3 is 16.6 Å². The van der Waals surface area contributed by atoms with Crippen LogP contribution in [0.3, 0.4) is 0 Å². The van der Waals surface area contributed by atoms with Crippen LogP contribution in [0.2, 0.25) is 0 Å². The molecule has 0 spiro atoms. The molecule has 0 fully saturated rings. The molecule has 0 aromatic heterocycles. The molecule has 1 atom stereocenters. The minimum Gasteiger partial charge on any atom is -0.508 e. The number of benzene rings is 1. The van der Waals surface area contributed by atoms with E-state index >= 15 is 0 Å². The maximum Gasteiger partial charge on any atom is 0.120 e. The Balaban J connectivity index is 0.00000196. The predicted molar refractivity (Wildman–Crippen MR) is 65.3 cm³/mol. The van der Waals surface area contributed by atoms with Gasteiger partial charge in [-0.3, -0.25) is 0 Å². The first-order valence-corrected chi connectivity index (χ1v) is 4.90. The van der Waals surface area contributed by atoms with E-state index < -0.39 is 0 Å². The van der Waals surface area contributed by atoms with Crippen molar-refractivity contribution in [1.82, 2.24) is 0 Å². The van der Waals surface area contributed by atoms with Crippen molar-refractivity contribution in [3.05, 3.63) is 29.3 Å². The van der Waals surface area contributed by atoms with Gasteiger partial charge in [0.25, 0.3) is 0 Å². The molecule has 1 aromatic carbocycles. The lowest BCUT2D eigenvalue weighted by Crippen LogP contribution is -2.12. The molecule has 0 saturated carbocycles. The van der Waals surface area contributed by atoms with E-state index in [1.165, 1.54) is 0 Å². The van der Waals surface area contributed by atoms with Crippen molar-refractivity contribution < 1.29 is 5.11 Å². The summed E-state index contributed by atoms with van der Waals surface area (Å²) < 4.78 is 0. The molecular formula is C11H19ClN2O. The topological polar surface area (TPSA) is 72.3 Å². The standard InChI is InChI=1S/C11H18N2O.ClH/c1-8-4-5-9(11(14)7-8)10(13)3-2-6-12;/h4-5,7,10,14H,2-3,6,12-13H2,1H3;1H/t10-;/m1./s1. The Morgan fingerprint density at radius 1 is 1.40 bits per heavy atom. The molecule has 4 heteroatoms. The highest BCUT2D eigenvalue weighted by Gasteiger charge is 2.09. The van der Waals surface area contributed by atoms with E-state index in [1.54, 1.807) is 6.07 Å². The highest BCUT2D eigenvalue weighted by molar-refractivity contribution is 5.85. The maximum absolute atomic E-state index is 9.65. The minimum absolute atomic E-state index is 0. The zero-order valence-corrected chi connectivity index (χ0v) is 9.76. The number of halogens is 1. The van der Waals surface area contributed by atoms with Crippen molar-refractivity contribution in [2.24, 2.45) is 11.5 Å². The van der Waals surface area contributed by atoms with Gasteiger partial charge in [0.05, 0.1) is 0 Å². The minimum atomic E-state index is -0.112. The van der Waals surface area contributed by atoms with Crippen LogP contribution >= 0.6 is 12.4 Å². The third kappa shape index (κ3) is 4.08. The van der Waals surface area contributed by atoms with E-state index in [-0.39, 0.29) is 24.2 Å². The van der Waals surface area contributed by atoms with Crippen LogP contribution in [-0.2, 0) is 0 Å². The zero-order chi connectivity index (χ0) is 10.6. The summed E-state index contributed by atoms with van der Waals surface area (Å²) in [6.07, 6.45) is 1.70. The van der Waals surface area contributed by atoms with E-state index in [0.29, 0.717) is 6.54 Å². The molecule has 5 N–H and O–H groups in total. The van der Waals surface area contributed by atoms with Gasteiger partial charge in [-0.15, -0.1) is 12.4 Å². The molecule has 0 radical (unpaired) electrons. The van der Waals surface area contributed by atoms with Gasteiger partial charge in [0.1, 0.15) is 5.75 Å². The molecule has 0 unspecified atom stereocenters. The molecule has 3 nitrogen and oxygen atoms in total. The summed E-state index contributed by atoms with van der Waals surface area (Å²) >= 11 is 0. The van der Waals surface area contributed by atoms with Crippen molar-refractivity contribution in [3.63, 3.8) is 0 Å². The molecule has 86 valence electrons. The summed E-state index contributed by atoms with van der Waals surface area (Å²) in [5.41, 5.74) is 13.2. The smallest absolute Gasteiger partial charge is 0.120 e. The predicted octanol–water partition coefficient (Wildman–Crippen LogP) is 1.86. The van der Waals surface area contributed by atoms with E-state index in [0.717, 1.165) is 24.0 Å². The first-order chi connectivity index (χ1) is 6.65. The van der Waals surface area contributed by atoms with Crippen molar-refractivity contribution in [2.75, 3.05) is 6.54 Å². The summed E-state index contributed by atoms with van der Waals surface area (Å²) in [5, 5.41) is 9.65. The highest BCUT2D eigenvalue weighted by atomic mass is 35.5. The lowest BCUT2D eigenvalue weighted by Gasteiger charge is -2.13. The van der Waals surface area contributed by atoms with Gasteiger partial charge in [-0.05, 0) is 37.9 Å². The molecule has 0 aliphatic carbocycles. The third-order valence-corrected chi connectivity index (χ3v) is 2.30. The first kappa shape index (κ1) is 14.2. The number of hydrogen-bond acceptors (Lipinski definition) is 3. The average molecular weight is 231 g/mol. The molecule has 15 heavy (non-hydrogen) atoms. The molecule has 0 bridgehead atoms. The van der Waals surface area contributed by atoms with E-state index in [1.807, 2.05) is 19.1 Å². The Morgan fingerprint density at radius 2 is 2.07 bits per heavy atom. The molecule has 0 aliphatic heterocycles. The number of phenols is 1. The van der Waals surface area contributed by atoms with Gasteiger partial charge >= 0.3 is 0 Å². The monoisotopic (exact) mass is 230 g/mol. The number of phenolic OH excluding ortho intramolecular Hbond substituents is 1. The average Bonchev–Trinajstić information content (AvgIpc) is 2.14. The first-order valence-electron chi connectivity index (χ1n) is 4.90. The number of hydrogen-bond donors (Lipinski definition) is 3. The lowest BCUT2D eigenvalue weighted by atomic mass is 10.0. The fourth-order valence-electron chi connectivity index (χ4n) is 1.46. The van der Waals surface area contributed by atoms with Gasteiger partial charge in [-0.2, -0.15) is 0 Å². The van der Waals surface area contributed by atoms with Gasteiger partial charge in [0.15, 0.2) is 0 Å². The van der Waals surface area contributed by atoms with Crippen molar-refractivity contribution in [1.29, 1.82) is 0 Å². The number of nitrogens with two attached hydrogens (primary N) is 2. The van der Waals surface area contributed by atoms with Crippen LogP contribution in [0.25, 0.3) is 0 Å². The fraction of sp³-hybridized carbons (Fsp3) is 0.455. The van der Waals surface area contributed by atoms with Gasteiger partial charge in [0.2, 0.25) is 0 Å². The van der Waals surface area contributed by atoms with Crippen LogP contribution < -0.4 is 11.5 Å². The van der Waals surface area contributed by atoms with Crippen LogP contribution in [0.15, 0.2) is 18.2 Å². The van der Waals surface area contributed by atoms with Crippen LogP contribution in [0.5, 0.6) is 5.75 Å². The highest BCUT2D eigenvalue weighted by Crippen LogP contribution is 2.26. The Morgan fingerprint density at radius 3 is 2.60 bits per heavy atom. The second kappa shape index (κ2) is 6.67. The second-order valence-corrected chi connectivity index (χ2v) is 3.60. The van der Waals surface area contributed by atoms with Crippen molar-refractivity contribution in [3.8, 4) is 5.75 Å². The third-order valence-electron chi connectivity index (χ3n) is 2.30. The Hall–Kier alpha value is -0.770. The quantitative estimate of drug-likeness (QED) is 0.739. The molecule has 1 rings (SSSR count). The van der Waals surface area contributed by atoms with Crippen LogP contribution in [0.4, 0.5) is 0 Å². The van der Waals surface area contributed by atoms with E-state index in [9.17, 15) is 5.11 Å². The van der Waals surface area contributed by atoms with Crippen LogP contribution in [-0.4, -0.2) is 11.7 Å². The van der Waals surface area contributed by atoms with Crippen molar-refractivity contribution >= 4 is 12.4 Å². The molecule has 1 aromatic rings. The van der Waals surface area contributed by atoms with Crippen LogP contribution in [0, 0.1) is 6.92 Å². The molecule has 0 heterocycles. The summed E-state index contributed by atoms with van der Waals surface area (Å²) in [4.78, 5) is 0. The number of aromatic hydroxyl groups is 1. The van der Waals surface area contributed by atoms with E-state index in [2.05, 4.69) is 0 Å². The van der Waals surface area contributed by atoms with E-state index in [4.69, 9.17) is 11.5 Å². The Labute approximate surface area is 96.9 Å². The summed E-state index contributed by atoms with van der Waals surface area (Å²) in [7, 11) is 0. The largest absolute Gasteiger partial charge is 0.508 e. The molecular weight excluding hydrogens is 212 g/mol. The van der Waals surface area contributed by atoms with Gasteiger partial charge in [0, 0.05) is 11.6 Å². The summed E-state index contributed by atoms with van der Waals surface area (Å²) in [6, 6.07) is 5.46.